The molecular weight excluding hydrogens is 317 g/mol. The van der Waals surface area contributed by atoms with E-state index < -0.39 is 17.8 Å². The molecule has 1 fully saturated rings. The van der Waals surface area contributed by atoms with Gasteiger partial charge in [0.1, 0.15) is 0 Å². The van der Waals surface area contributed by atoms with E-state index in [4.69, 9.17) is 0 Å². The molecule has 0 saturated heterocycles. The first-order chi connectivity index (χ1) is 10.4. The molecule has 4 nitrogen and oxygen atoms in total. The van der Waals surface area contributed by atoms with Crippen LogP contribution >= 0.6 is 11.8 Å². The Bertz CT molecular complexity index is 508. The number of carbonyl (C=O) groups is 1. The van der Waals surface area contributed by atoms with Crippen LogP contribution in [0.15, 0.2) is 23.4 Å². The molecule has 0 aliphatic heterocycles. The number of halogens is 3. The summed E-state index contributed by atoms with van der Waals surface area (Å²) < 4.78 is 37.2. The Morgan fingerprint density at radius 3 is 2.68 bits per heavy atom. The third-order valence-corrected chi connectivity index (χ3v) is 4.43. The zero-order valence-electron chi connectivity index (χ0n) is 11.8. The van der Waals surface area contributed by atoms with E-state index in [1.807, 2.05) is 0 Å². The second-order valence-corrected chi connectivity index (χ2v) is 6.19. The number of hydrogen-bond acceptors (Lipinski definition) is 4. The van der Waals surface area contributed by atoms with Gasteiger partial charge >= 0.3 is 6.18 Å². The maximum atomic E-state index is 12.4. The number of nitrogens with one attached hydrogen (secondary N) is 1. The number of thioether (sulfide) groups is 1. The summed E-state index contributed by atoms with van der Waals surface area (Å²) in [5, 5.41) is 12.9. The Kier molecular flexibility index (Phi) is 5.69. The number of carbonyl (C=O) groups excluding carboxylic acids is 1. The van der Waals surface area contributed by atoms with Gasteiger partial charge in [0.05, 0.1) is 28.5 Å². The topological polar surface area (TPSA) is 62.2 Å². The number of nitrogens with zero attached hydrogens (tertiary/aromatic N) is 1. The minimum Gasteiger partial charge on any atom is -0.391 e. The fraction of sp³-hybridized carbons (Fsp3) is 0.571. The van der Waals surface area contributed by atoms with Gasteiger partial charge < -0.3 is 10.4 Å². The molecule has 1 aliphatic rings. The summed E-state index contributed by atoms with van der Waals surface area (Å²) in [7, 11) is 0. The summed E-state index contributed by atoms with van der Waals surface area (Å²) >= 11 is 1.07. The van der Waals surface area contributed by atoms with Gasteiger partial charge in [0, 0.05) is 6.20 Å². The van der Waals surface area contributed by atoms with E-state index in [0.717, 1.165) is 43.3 Å². The lowest BCUT2D eigenvalue weighted by Crippen LogP contribution is -2.45. The molecule has 2 N–H and O–H groups in total. The normalized spacial score (nSPS) is 22.4. The monoisotopic (exact) mass is 334 g/mol. The quantitative estimate of drug-likeness (QED) is 0.831. The molecule has 1 aromatic heterocycles. The second-order valence-electron chi connectivity index (χ2n) is 5.20. The Morgan fingerprint density at radius 1 is 1.36 bits per heavy atom. The Hall–Kier alpha value is -1.28. The minimum absolute atomic E-state index is 0.0571. The van der Waals surface area contributed by atoms with Crippen LogP contribution in [0.4, 0.5) is 13.2 Å². The van der Waals surface area contributed by atoms with Crippen molar-refractivity contribution >= 4 is 17.7 Å². The maximum Gasteiger partial charge on any atom is 0.417 e. The van der Waals surface area contributed by atoms with Crippen LogP contribution in [0, 0.1) is 0 Å². The van der Waals surface area contributed by atoms with Crippen LogP contribution in [0.2, 0.25) is 0 Å². The third-order valence-electron chi connectivity index (χ3n) is 3.49. The summed E-state index contributed by atoms with van der Waals surface area (Å²) in [6.45, 7) is 0. The van der Waals surface area contributed by atoms with Crippen LogP contribution in [0.25, 0.3) is 0 Å². The molecule has 1 saturated carbocycles. The molecule has 1 aliphatic carbocycles. The van der Waals surface area contributed by atoms with Crippen molar-refractivity contribution in [1.82, 2.24) is 10.3 Å². The molecule has 22 heavy (non-hydrogen) atoms. The van der Waals surface area contributed by atoms with Gasteiger partial charge in [-0.1, -0.05) is 24.6 Å². The lowest BCUT2D eigenvalue weighted by atomic mass is 9.93. The van der Waals surface area contributed by atoms with Gasteiger partial charge in [-0.15, -0.1) is 0 Å². The molecule has 0 spiro atoms. The molecule has 2 atom stereocenters. The number of aromatic nitrogens is 1. The molecule has 2 rings (SSSR count). The van der Waals surface area contributed by atoms with Crippen molar-refractivity contribution in [1.29, 1.82) is 0 Å². The van der Waals surface area contributed by atoms with Crippen molar-refractivity contribution < 1.29 is 23.1 Å². The molecule has 122 valence electrons. The summed E-state index contributed by atoms with van der Waals surface area (Å²) in [5.74, 6) is -0.195. The van der Waals surface area contributed by atoms with E-state index in [2.05, 4.69) is 10.3 Å². The van der Waals surface area contributed by atoms with Crippen molar-refractivity contribution in [2.24, 2.45) is 0 Å². The van der Waals surface area contributed by atoms with Crippen molar-refractivity contribution in [3.05, 3.63) is 23.9 Å². The molecule has 0 radical (unpaired) electrons. The lowest BCUT2D eigenvalue weighted by Gasteiger charge is -2.28. The predicted octanol–water partition coefficient (Wildman–Crippen LogP) is 2.61. The fourth-order valence-corrected chi connectivity index (χ4v) is 2.95. The first kappa shape index (κ1) is 17.1. The molecule has 2 unspecified atom stereocenters. The largest absolute Gasteiger partial charge is 0.417 e. The predicted molar refractivity (Wildman–Crippen MR) is 76.4 cm³/mol. The summed E-state index contributed by atoms with van der Waals surface area (Å²) in [6, 6.07) is 1.95. The summed E-state index contributed by atoms with van der Waals surface area (Å²) in [5.41, 5.74) is -0.813. The third kappa shape index (κ3) is 4.88. The number of alkyl halides is 3. The lowest BCUT2D eigenvalue weighted by molar-refractivity contribution is -0.137. The molecule has 0 aromatic carbocycles. The van der Waals surface area contributed by atoms with Gasteiger partial charge in [-0.3, -0.25) is 4.79 Å². The van der Waals surface area contributed by atoms with Crippen LogP contribution in [0.5, 0.6) is 0 Å². The van der Waals surface area contributed by atoms with Crippen LogP contribution in [0.1, 0.15) is 31.2 Å². The van der Waals surface area contributed by atoms with Gasteiger partial charge in [0.2, 0.25) is 5.91 Å². The smallest absolute Gasteiger partial charge is 0.391 e. The highest BCUT2D eigenvalue weighted by atomic mass is 32.2. The molecular formula is C14H17F3N2O2S. The zero-order chi connectivity index (χ0) is 16.2. The first-order valence-electron chi connectivity index (χ1n) is 7.00. The minimum atomic E-state index is -4.41. The van der Waals surface area contributed by atoms with Gasteiger partial charge in [-0.05, 0) is 25.0 Å². The molecule has 0 bridgehead atoms. The standard InChI is InChI=1S/C14H17F3N2O2S/c15-14(16,17)9-5-6-13(18-7-9)22-8-12(21)19-10-3-1-2-4-11(10)20/h5-7,10-11,20H,1-4,8H2,(H,19,21). The van der Waals surface area contributed by atoms with E-state index in [9.17, 15) is 23.1 Å². The van der Waals surface area contributed by atoms with Crippen molar-refractivity contribution in [2.45, 2.75) is 49.0 Å². The highest BCUT2D eigenvalue weighted by Gasteiger charge is 2.30. The fourth-order valence-electron chi connectivity index (χ4n) is 2.30. The van der Waals surface area contributed by atoms with E-state index in [0.29, 0.717) is 11.4 Å². The molecule has 1 heterocycles. The van der Waals surface area contributed by atoms with E-state index in [-0.39, 0.29) is 17.7 Å². The second kappa shape index (κ2) is 7.32. The SMILES string of the molecule is O=C(CSc1ccc(C(F)(F)F)cn1)NC1CCCCC1O. The highest BCUT2D eigenvalue weighted by Crippen LogP contribution is 2.29. The van der Waals surface area contributed by atoms with Crippen molar-refractivity contribution in [2.75, 3.05) is 5.75 Å². The summed E-state index contributed by atoms with van der Waals surface area (Å²) in [6.07, 6.45) is -0.829. The Labute approximate surface area is 130 Å². The van der Waals surface area contributed by atoms with Crippen LogP contribution in [-0.4, -0.2) is 33.9 Å². The maximum absolute atomic E-state index is 12.4. The number of pyridine rings is 1. The van der Waals surface area contributed by atoms with Gasteiger partial charge in [0.15, 0.2) is 0 Å². The number of amides is 1. The average molecular weight is 334 g/mol. The van der Waals surface area contributed by atoms with Crippen molar-refractivity contribution in [3.63, 3.8) is 0 Å². The van der Waals surface area contributed by atoms with Crippen LogP contribution in [0.3, 0.4) is 0 Å². The van der Waals surface area contributed by atoms with E-state index >= 15 is 0 Å². The van der Waals surface area contributed by atoms with Crippen LogP contribution in [-0.2, 0) is 11.0 Å². The molecule has 8 heteroatoms. The Balaban J connectivity index is 1.81. The number of aliphatic hydroxyl groups excluding tert-OH is 1. The van der Waals surface area contributed by atoms with E-state index in [1.54, 1.807) is 0 Å². The highest BCUT2D eigenvalue weighted by molar-refractivity contribution is 7.99. The number of hydrogen-bond donors (Lipinski definition) is 2. The van der Waals surface area contributed by atoms with Crippen LogP contribution < -0.4 is 5.32 Å². The van der Waals surface area contributed by atoms with Gasteiger partial charge in [-0.2, -0.15) is 13.2 Å². The zero-order valence-corrected chi connectivity index (χ0v) is 12.6. The van der Waals surface area contributed by atoms with Gasteiger partial charge in [0.25, 0.3) is 0 Å². The molecule has 1 amide bonds. The van der Waals surface area contributed by atoms with Gasteiger partial charge in [-0.25, -0.2) is 4.98 Å². The average Bonchev–Trinajstić information content (AvgIpc) is 2.47. The van der Waals surface area contributed by atoms with Crippen molar-refractivity contribution in [3.8, 4) is 0 Å². The number of rotatable bonds is 4. The Morgan fingerprint density at radius 2 is 2.09 bits per heavy atom. The first-order valence-corrected chi connectivity index (χ1v) is 7.98. The summed E-state index contributed by atoms with van der Waals surface area (Å²) in [4.78, 5) is 15.5. The number of aliphatic hydroxyl groups is 1. The molecule has 1 aromatic rings. The van der Waals surface area contributed by atoms with E-state index in [1.165, 1.54) is 6.07 Å².